The molecule has 0 saturated carbocycles. The van der Waals surface area contributed by atoms with E-state index in [-0.39, 0.29) is 41.6 Å². The summed E-state index contributed by atoms with van der Waals surface area (Å²) < 4.78 is 0. The Hall–Kier alpha value is -1.59. The fourth-order valence-corrected chi connectivity index (χ4v) is 3.14. The molecule has 1 unspecified atom stereocenters. The van der Waals surface area contributed by atoms with Crippen LogP contribution in [0.3, 0.4) is 0 Å². The highest BCUT2D eigenvalue weighted by Gasteiger charge is 2.27. The lowest BCUT2D eigenvalue weighted by Gasteiger charge is -2.28. The number of nitrogens with one attached hydrogen (secondary N) is 3. The summed E-state index contributed by atoms with van der Waals surface area (Å²) in [5.74, 6) is -0.273. The summed E-state index contributed by atoms with van der Waals surface area (Å²) in [7, 11) is 0. The topological polar surface area (TPSA) is 70.2 Å². The summed E-state index contributed by atoms with van der Waals surface area (Å²) in [5, 5.41) is 9.29. The maximum absolute atomic E-state index is 12.7. The van der Waals surface area contributed by atoms with Crippen LogP contribution in [0.1, 0.15) is 63.4 Å². The van der Waals surface area contributed by atoms with Crippen LogP contribution in [0.15, 0.2) is 24.3 Å². The highest BCUT2D eigenvalue weighted by atomic mass is 35.5. The molecule has 3 N–H and O–H groups in total. The lowest BCUT2D eigenvalue weighted by molar-refractivity contribution is -0.124. The Balaban J connectivity index is 0.00000364. The van der Waals surface area contributed by atoms with Gasteiger partial charge in [0, 0.05) is 11.6 Å². The Bertz CT molecular complexity index is 617. The summed E-state index contributed by atoms with van der Waals surface area (Å²) >= 11 is 0. The second-order valence-electron chi connectivity index (χ2n) is 8.56. The summed E-state index contributed by atoms with van der Waals surface area (Å²) in [4.78, 5) is 25.3. The zero-order valence-electron chi connectivity index (χ0n) is 17.1. The van der Waals surface area contributed by atoms with E-state index in [2.05, 4.69) is 36.7 Å². The van der Waals surface area contributed by atoms with Crippen molar-refractivity contribution in [3.8, 4) is 0 Å². The van der Waals surface area contributed by atoms with Crippen LogP contribution in [0.5, 0.6) is 0 Å². The molecule has 27 heavy (non-hydrogen) atoms. The van der Waals surface area contributed by atoms with Crippen molar-refractivity contribution in [3.05, 3.63) is 35.4 Å². The lowest BCUT2D eigenvalue weighted by Crippen LogP contribution is -2.53. The summed E-state index contributed by atoms with van der Waals surface area (Å²) in [6.45, 7) is 12.2. The van der Waals surface area contributed by atoms with E-state index in [1.165, 1.54) is 5.56 Å². The Morgan fingerprint density at radius 2 is 1.63 bits per heavy atom. The number of hydrogen-bond donors (Lipinski definition) is 3. The van der Waals surface area contributed by atoms with E-state index >= 15 is 0 Å². The molecular weight excluding hydrogens is 362 g/mol. The van der Waals surface area contributed by atoms with Crippen molar-refractivity contribution >= 4 is 24.2 Å². The molecule has 0 bridgehead atoms. The van der Waals surface area contributed by atoms with E-state index in [1.807, 2.05) is 38.1 Å². The maximum Gasteiger partial charge on any atom is 0.251 e. The third-order valence-corrected chi connectivity index (χ3v) is 4.93. The molecule has 1 aliphatic rings. The molecule has 1 fully saturated rings. The minimum atomic E-state index is -0.528. The van der Waals surface area contributed by atoms with Crippen LogP contribution in [0, 0.1) is 5.92 Å². The van der Waals surface area contributed by atoms with Gasteiger partial charge in [0.2, 0.25) is 5.91 Å². The molecule has 1 aromatic rings. The second-order valence-corrected chi connectivity index (χ2v) is 8.56. The van der Waals surface area contributed by atoms with Gasteiger partial charge in [-0.2, -0.15) is 0 Å². The first-order chi connectivity index (χ1) is 12.2. The Kier molecular flexibility index (Phi) is 8.76. The van der Waals surface area contributed by atoms with Crippen molar-refractivity contribution in [1.29, 1.82) is 0 Å². The van der Waals surface area contributed by atoms with Crippen molar-refractivity contribution in [2.75, 3.05) is 13.1 Å². The van der Waals surface area contributed by atoms with Gasteiger partial charge in [0.25, 0.3) is 5.91 Å². The zero-order chi connectivity index (χ0) is 19.3. The van der Waals surface area contributed by atoms with Gasteiger partial charge in [0.15, 0.2) is 0 Å². The molecule has 1 atom stereocenters. The van der Waals surface area contributed by atoms with Gasteiger partial charge in [-0.3, -0.25) is 9.59 Å². The average molecular weight is 396 g/mol. The average Bonchev–Trinajstić information content (AvgIpc) is 2.59. The Morgan fingerprint density at radius 3 is 2.11 bits per heavy atom. The monoisotopic (exact) mass is 395 g/mol. The number of halogens is 1. The smallest absolute Gasteiger partial charge is 0.251 e. The van der Waals surface area contributed by atoms with Crippen LogP contribution in [-0.4, -0.2) is 37.0 Å². The highest BCUT2D eigenvalue weighted by molar-refractivity contribution is 5.97. The van der Waals surface area contributed by atoms with Gasteiger partial charge in [0.05, 0.1) is 0 Å². The fraction of sp³-hybridized carbons (Fsp3) is 0.619. The lowest BCUT2D eigenvalue weighted by atomic mass is 9.86. The van der Waals surface area contributed by atoms with Crippen molar-refractivity contribution in [2.24, 2.45) is 5.92 Å². The molecule has 0 radical (unpaired) electrons. The zero-order valence-corrected chi connectivity index (χ0v) is 17.9. The highest BCUT2D eigenvalue weighted by Crippen LogP contribution is 2.22. The number of carbonyl (C=O) groups is 2. The standard InChI is InChI=1S/C21H33N3O2.ClH/c1-14(2)18(20(26)23-17-10-12-22-13-11-17)24-19(25)15-6-8-16(9-7-15)21(3,4)5;/h6-9,14,17-18,22H,10-13H2,1-5H3,(H,23,26)(H,24,25);1H. The predicted octanol–water partition coefficient (Wildman–Crippen LogP) is 3.03. The number of rotatable bonds is 5. The van der Waals surface area contributed by atoms with Crippen molar-refractivity contribution in [3.63, 3.8) is 0 Å². The minimum Gasteiger partial charge on any atom is -0.351 e. The van der Waals surface area contributed by atoms with E-state index in [1.54, 1.807) is 0 Å². The molecule has 1 heterocycles. The molecule has 6 heteroatoms. The molecule has 0 aliphatic carbocycles. The number of hydrogen-bond acceptors (Lipinski definition) is 3. The van der Waals surface area contributed by atoms with Crippen molar-refractivity contribution in [2.45, 2.75) is 65.0 Å². The van der Waals surface area contributed by atoms with E-state index in [0.29, 0.717) is 5.56 Å². The Morgan fingerprint density at radius 1 is 1.07 bits per heavy atom. The molecular formula is C21H34ClN3O2. The molecule has 1 aliphatic heterocycles. The molecule has 2 amide bonds. The van der Waals surface area contributed by atoms with Crippen LogP contribution >= 0.6 is 12.4 Å². The van der Waals surface area contributed by atoms with Crippen molar-refractivity contribution < 1.29 is 9.59 Å². The van der Waals surface area contributed by atoms with Crippen LogP contribution < -0.4 is 16.0 Å². The first kappa shape index (κ1) is 23.4. The maximum atomic E-state index is 12.7. The number of piperidine rings is 1. The van der Waals surface area contributed by atoms with Gasteiger partial charge in [-0.25, -0.2) is 0 Å². The summed E-state index contributed by atoms with van der Waals surface area (Å²) in [6, 6.07) is 7.28. The van der Waals surface area contributed by atoms with Crippen LogP contribution in [0.2, 0.25) is 0 Å². The molecule has 152 valence electrons. The molecule has 0 aromatic heterocycles. The molecule has 1 saturated heterocycles. The van der Waals surface area contributed by atoms with E-state index in [9.17, 15) is 9.59 Å². The predicted molar refractivity (Wildman–Crippen MR) is 113 cm³/mol. The van der Waals surface area contributed by atoms with Gasteiger partial charge in [-0.05, 0) is 55.0 Å². The Labute approximate surface area is 169 Å². The van der Waals surface area contributed by atoms with Crippen molar-refractivity contribution in [1.82, 2.24) is 16.0 Å². The van der Waals surface area contributed by atoms with Gasteiger partial charge in [-0.1, -0.05) is 46.8 Å². The molecule has 5 nitrogen and oxygen atoms in total. The normalized spacial score (nSPS) is 16.4. The van der Waals surface area contributed by atoms with E-state index in [4.69, 9.17) is 0 Å². The summed E-state index contributed by atoms with van der Waals surface area (Å²) in [5.41, 5.74) is 1.81. The minimum absolute atomic E-state index is 0. The van der Waals surface area contributed by atoms with Gasteiger partial charge < -0.3 is 16.0 Å². The first-order valence-corrected chi connectivity index (χ1v) is 9.61. The quantitative estimate of drug-likeness (QED) is 0.717. The van der Waals surface area contributed by atoms with Gasteiger partial charge >= 0.3 is 0 Å². The molecule has 2 rings (SSSR count). The van der Waals surface area contributed by atoms with Crippen LogP contribution in [0.25, 0.3) is 0 Å². The number of carbonyl (C=O) groups excluding carboxylic acids is 2. The fourth-order valence-electron chi connectivity index (χ4n) is 3.14. The van der Waals surface area contributed by atoms with E-state index in [0.717, 1.165) is 25.9 Å². The summed E-state index contributed by atoms with van der Waals surface area (Å²) in [6.07, 6.45) is 1.86. The molecule has 0 spiro atoms. The third kappa shape index (κ3) is 6.82. The van der Waals surface area contributed by atoms with Crippen LogP contribution in [0.4, 0.5) is 0 Å². The van der Waals surface area contributed by atoms with E-state index < -0.39 is 6.04 Å². The largest absolute Gasteiger partial charge is 0.351 e. The number of amides is 2. The van der Waals surface area contributed by atoms with Gasteiger partial charge in [0.1, 0.15) is 6.04 Å². The number of benzene rings is 1. The SMILES string of the molecule is CC(C)C(NC(=O)c1ccc(C(C)(C)C)cc1)C(=O)NC1CCNCC1.Cl. The second kappa shape index (κ2) is 10.1. The van der Waals surface area contributed by atoms with Crippen LogP contribution in [-0.2, 0) is 10.2 Å². The first-order valence-electron chi connectivity index (χ1n) is 9.61. The molecule has 1 aromatic carbocycles. The van der Waals surface area contributed by atoms with Gasteiger partial charge in [-0.15, -0.1) is 12.4 Å². The third-order valence-electron chi connectivity index (χ3n) is 4.93.